The number of hydrogen-bond acceptors (Lipinski definition) is 5. The molecule has 0 saturated heterocycles. The summed E-state index contributed by atoms with van der Waals surface area (Å²) in [6.45, 7) is 4.15. The monoisotopic (exact) mass is 249 g/mol. The van der Waals surface area contributed by atoms with Crippen molar-refractivity contribution in [1.29, 1.82) is 0 Å². The highest BCUT2D eigenvalue weighted by atomic mass is 16.5. The van der Waals surface area contributed by atoms with Gasteiger partial charge in [0.25, 0.3) is 0 Å². The molecule has 0 amide bonds. The Morgan fingerprint density at radius 1 is 1.18 bits per heavy atom. The molecule has 0 saturated carbocycles. The van der Waals surface area contributed by atoms with Crippen molar-refractivity contribution in [3.63, 3.8) is 0 Å². The second kappa shape index (κ2) is 9.35. The van der Waals surface area contributed by atoms with Crippen LogP contribution in [0.15, 0.2) is 0 Å². The van der Waals surface area contributed by atoms with Crippen LogP contribution in [0.25, 0.3) is 0 Å². The van der Waals surface area contributed by atoms with E-state index in [0.717, 1.165) is 6.42 Å². The van der Waals surface area contributed by atoms with Gasteiger partial charge in [0.1, 0.15) is 5.54 Å². The van der Waals surface area contributed by atoms with Crippen molar-refractivity contribution in [2.75, 3.05) is 40.1 Å². The van der Waals surface area contributed by atoms with Gasteiger partial charge in [-0.15, -0.1) is 0 Å². The fourth-order valence-corrected chi connectivity index (χ4v) is 1.00. The highest BCUT2D eigenvalue weighted by Gasteiger charge is 2.27. The first kappa shape index (κ1) is 16.3. The van der Waals surface area contributed by atoms with Crippen molar-refractivity contribution < 1.29 is 24.1 Å². The molecule has 102 valence electrons. The maximum atomic E-state index is 10.7. The molecule has 0 radical (unpaired) electrons. The average molecular weight is 249 g/mol. The van der Waals surface area contributed by atoms with Crippen LogP contribution in [0.4, 0.5) is 0 Å². The Morgan fingerprint density at radius 3 is 2.29 bits per heavy atom. The van der Waals surface area contributed by atoms with Gasteiger partial charge in [-0.2, -0.15) is 0 Å². The summed E-state index contributed by atoms with van der Waals surface area (Å²) in [7, 11) is 1.62. The van der Waals surface area contributed by atoms with E-state index in [1.54, 1.807) is 7.11 Å². The van der Waals surface area contributed by atoms with Gasteiger partial charge in [0.2, 0.25) is 0 Å². The van der Waals surface area contributed by atoms with Gasteiger partial charge in [0, 0.05) is 26.9 Å². The lowest BCUT2D eigenvalue weighted by Crippen LogP contribution is -2.45. The number of carboxylic acid groups (broad SMARTS) is 1. The summed E-state index contributed by atoms with van der Waals surface area (Å²) in [5, 5.41) is 8.75. The Hall–Kier alpha value is -0.690. The number of hydrogen-bond donors (Lipinski definition) is 2. The summed E-state index contributed by atoms with van der Waals surface area (Å²) in [6.07, 6.45) is 1.07. The van der Waals surface area contributed by atoms with Crippen LogP contribution in [0, 0.1) is 0 Å². The number of carboxylic acids is 1. The number of aliphatic carboxylic acids is 1. The molecule has 6 nitrogen and oxygen atoms in total. The zero-order valence-electron chi connectivity index (χ0n) is 10.6. The highest BCUT2D eigenvalue weighted by molar-refractivity contribution is 5.77. The molecule has 0 aromatic heterocycles. The van der Waals surface area contributed by atoms with E-state index < -0.39 is 11.5 Å². The van der Waals surface area contributed by atoms with E-state index in [1.165, 1.54) is 6.92 Å². The van der Waals surface area contributed by atoms with Gasteiger partial charge in [-0.05, 0) is 19.8 Å². The van der Waals surface area contributed by atoms with Crippen LogP contribution in [0.5, 0.6) is 0 Å². The van der Waals surface area contributed by atoms with Gasteiger partial charge in [-0.25, -0.2) is 0 Å². The van der Waals surface area contributed by atoms with Crippen molar-refractivity contribution >= 4 is 5.97 Å². The Kier molecular flexibility index (Phi) is 8.97. The van der Waals surface area contributed by atoms with Gasteiger partial charge in [-0.3, -0.25) is 4.79 Å². The summed E-state index contributed by atoms with van der Waals surface area (Å²) in [5.41, 5.74) is 4.32. The first-order chi connectivity index (χ1) is 8.00. The average Bonchev–Trinajstić information content (AvgIpc) is 2.26. The van der Waals surface area contributed by atoms with Crippen molar-refractivity contribution in [3.8, 4) is 0 Å². The number of carbonyl (C=O) groups is 1. The molecule has 0 heterocycles. The van der Waals surface area contributed by atoms with Gasteiger partial charge in [0.05, 0.1) is 13.2 Å². The van der Waals surface area contributed by atoms with Crippen molar-refractivity contribution in [1.82, 2.24) is 0 Å². The normalized spacial score (nSPS) is 14.5. The molecule has 0 rings (SSSR count). The standard InChI is InChI=1S/C11H23NO5/c1-11(12,10(13)14)4-7-16-5-3-6-17-9-8-15-2/h3-9,12H2,1-2H3,(H,13,14). The molecule has 0 aliphatic rings. The largest absolute Gasteiger partial charge is 0.480 e. The molecule has 6 heteroatoms. The summed E-state index contributed by atoms with van der Waals surface area (Å²) in [4.78, 5) is 10.7. The third-order valence-corrected chi connectivity index (χ3v) is 2.26. The zero-order chi connectivity index (χ0) is 13.1. The third-order valence-electron chi connectivity index (χ3n) is 2.26. The highest BCUT2D eigenvalue weighted by Crippen LogP contribution is 2.05. The van der Waals surface area contributed by atoms with Crippen LogP contribution < -0.4 is 5.73 Å². The molecule has 0 aromatic rings. The topological polar surface area (TPSA) is 91.0 Å². The molecule has 3 N–H and O–H groups in total. The molecule has 1 atom stereocenters. The second-order valence-corrected chi connectivity index (χ2v) is 4.04. The smallest absolute Gasteiger partial charge is 0.323 e. The minimum Gasteiger partial charge on any atom is -0.480 e. The molecule has 17 heavy (non-hydrogen) atoms. The summed E-state index contributed by atoms with van der Waals surface area (Å²) < 4.78 is 15.3. The molecule has 0 aliphatic carbocycles. The fourth-order valence-electron chi connectivity index (χ4n) is 1.00. The van der Waals surface area contributed by atoms with Crippen LogP contribution in [-0.4, -0.2) is 56.8 Å². The third kappa shape index (κ3) is 9.05. The maximum absolute atomic E-state index is 10.7. The second-order valence-electron chi connectivity index (χ2n) is 4.04. The first-order valence-electron chi connectivity index (χ1n) is 5.67. The minimum atomic E-state index is -1.21. The van der Waals surface area contributed by atoms with Gasteiger partial charge in [0.15, 0.2) is 0 Å². The van der Waals surface area contributed by atoms with Crippen LogP contribution in [0.2, 0.25) is 0 Å². The van der Waals surface area contributed by atoms with E-state index in [2.05, 4.69) is 0 Å². The van der Waals surface area contributed by atoms with E-state index in [9.17, 15) is 4.79 Å². The lowest BCUT2D eigenvalue weighted by atomic mass is 10.0. The number of nitrogens with two attached hydrogens (primary N) is 1. The molecular formula is C11H23NO5. The lowest BCUT2D eigenvalue weighted by Gasteiger charge is -2.18. The molecule has 0 aromatic carbocycles. The van der Waals surface area contributed by atoms with Crippen LogP contribution in [0.3, 0.4) is 0 Å². The first-order valence-corrected chi connectivity index (χ1v) is 5.67. The summed E-state index contributed by atoms with van der Waals surface area (Å²) in [6, 6.07) is 0. The zero-order valence-corrected chi connectivity index (χ0v) is 10.6. The van der Waals surface area contributed by atoms with Crippen LogP contribution >= 0.6 is 0 Å². The Morgan fingerprint density at radius 2 is 1.76 bits per heavy atom. The van der Waals surface area contributed by atoms with Crippen LogP contribution in [0.1, 0.15) is 19.8 Å². The molecule has 0 bridgehead atoms. The van der Waals surface area contributed by atoms with Gasteiger partial charge >= 0.3 is 5.97 Å². The van der Waals surface area contributed by atoms with E-state index in [4.69, 9.17) is 25.1 Å². The Labute approximate surface area is 102 Å². The number of methoxy groups -OCH3 is 1. The molecular weight excluding hydrogens is 226 g/mol. The van der Waals surface area contributed by atoms with E-state index in [0.29, 0.717) is 39.5 Å². The van der Waals surface area contributed by atoms with E-state index in [1.807, 2.05) is 0 Å². The van der Waals surface area contributed by atoms with Gasteiger partial charge < -0.3 is 25.1 Å². The van der Waals surface area contributed by atoms with Gasteiger partial charge in [-0.1, -0.05) is 0 Å². The maximum Gasteiger partial charge on any atom is 0.323 e. The number of rotatable bonds is 11. The fraction of sp³-hybridized carbons (Fsp3) is 0.909. The Bertz CT molecular complexity index is 208. The Balaban J connectivity index is 3.27. The number of ether oxygens (including phenoxy) is 3. The molecule has 1 unspecified atom stereocenters. The summed E-state index contributed by atoms with van der Waals surface area (Å²) >= 11 is 0. The van der Waals surface area contributed by atoms with E-state index >= 15 is 0 Å². The SMILES string of the molecule is COCCOCCCOCCC(C)(N)C(=O)O. The summed E-state index contributed by atoms with van der Waals surface area (Å²) in [5.74, 6) is -1.01. The predicted octanol–water partition coefficient (Wildman–Crippen LogP) is 0.248. The quantitative estimate of drug-likeness (QED) is 0.510. The molecule has 0 aliphatic heterocycles. The lowest BCUT2D eigenvalue weighted by molar-refractivity contribution is -0.143. The van der Waals surface area contributed by atoms with Crippen molar-refractivity contribution in [3.05, 3.63) is 0 Å². The predicted molar refractivity (Wildman–Crippen MR) is 63.0 cm³/mol. The molecule has 0 spiro atoms. The minimum absolute atomic E-state index is 0.298. The van der Waals surface area contributed by atoms with Crippen molar-refractivity contribution in [2.24, 2.45) is 5.73 Å². The molecule has 0 fully saturated rings. The van der Waals surface area contributed by atoms with Crippen molar-refractivity contribution in [2.45, 2.75) is 25.3 Å². The van der Waals surface area contributed by atoms with E-state index in [-0.39, 0.29) is 0 Å². The van der Waals surface area contributed by atoms with Crippen LogP contribution in [-0.2, 0) is 19.0 Å².